The number of urea groups is 1. The third kappa shape index (κ3) is 6.89. The topological polar surface area (TPSA) is 116 Å². The van der Waals surface area contributed by atoms with E-state index in [-0.39, 0.29) is 18.9 Å². The SMILES string of the molecule is CC(C)CN(CC(O)C(=O)O)C(=O)N[C@@H](Cc1ccc2ccccc2c1)C(=O)Oc1ccc2c(c1)CCC2. The van der Waals surface area contributed by atoms with Crippen molar-refractivity contribution >= 4 is 28.7 Å². The number of aliphatic hydroxyl groups excluding tert-OH is 1. The van der Waals surface area contributed by atoms with Crippen molar-refractivity contribution in [1.82, 2.24) is 10.2 Å². The number of carboxylic acids is 1. The summed E-state index contributed by atoms with van der Waals surface area (Å²) in [5, 5.41) is 23.9. The molecule has 0 saturated carbocycles. The van der Waals surface area contributed by atoms with Crippen molar-refractivity contribution in [2.45, 2.75) is 51.7 Å². The molecular weight excluding hydrogens is 484 g/mol. The number of rotatable bonds is 10. The summed E-state index contributed by atoms with van der Waals surface area (Å²) in [6.07, 6.45) is 1.46. The first-order valence-electron chi connectivity index (χ1n) is 13.0. The van der Waals surface area contributed by atoms with Gasteiger partial charge in [-0.3, -0.25) is 0 Å². The molecule has 3 aromatic rings. The number of amides is 2. The molecule has 8 nitrogen and oxygen atoms in total. The minimum Gasteiger partial charge on any atom is -0.479 e. The van der Waals surface area contributed by atoms with Gasteiger partial charge >= 0.3 is 18.0 Å². The van der Waals surface area contributed by atoms with E-state index >= 15 is 0 Å². The lowest BCUT2D eigenvalue weighted by molar-refractivity contribution is -0.147. The standard InChI is InChI=1S/C30H34N2O6/c1-19(2)17-32(18-27(33)28(34)35)30(37)31-26(15-20-10-11-21-6-3-4-7-23(21)14-20)29(36)38-25-13-12-22-8-5-9-24(22)16-25/h3-4,6-7,10-14,16,19,26-27,33H,5,8-9,15,17-18H2,1-2H3,(H,31,37)(H,34,35)/t26-,27?/m0/s1. The molecule has 38 heavy (non-hydrogen) atoms. The van der Waals surface area contributed by atoms with E-state index in [1.807, 2.05) is 68.4 Å². The van der Waals surface area contributed by atoms with Gasteiger partial charge in [-0.15, -0.1) is 0 Å². The molecule has 0 fully saturated rings. The van der Waals surface area contributed by atoms with Crippen LogP contribution in [-0.2, 0) is 28.9 Å². The molecule has 4 rings (SSSR count). The number of hydrogen-bond acceptors (Lipinski definition) is 5. The van der Waals surface area contributed by atoms with E-state index in [0.29, 0.717) is 5.75 Å². The molecule has 0 bridgehead atoms. The fourth-order valence-electron chi connectivity index (χ4n) is 4.80. The van der Waals surface area contributed by atoms with Crippen LogP contribution in [0.15, 0.2) is 60.7 Å². The van der Waals surface area contributed by atoms with E-state index in [4.69, 9.17) is 9.84 Å². The molecule has 1 unspecified atom stereocenters. The number of ether oxygens (including phenoxy) is 1. The van der Waals surface area contributed by atoms with Crippen LogP contribution in [0.4, 0.5) is 4.79 Å². The zero-order chi connectivity index (χ0) is 27.2. The second-order valence-electron chi connectivity index (χ2n) is 10.2. The lowest BCUT2D eigenvalue weighted by Gasteiger charge is -2.28. The van der Waals surface area contributed by atoms with Crippen molar-refractivity contribution in [3.05, 3.63) is 77.4 Å². The van der Waals surface area contributed by atoms with Crippen LogP contribution in [0.2, 0.25) is 0 Å². The Bertz CT molecular complexity index is 1320. The highest BCUT2D eigenvalue weighted by Gasteiger charge is 2.29. The van der Waals surface area contributed by atoms with Crippen molar-refractivity contribution in [3.63, 3.8) is 0 Å². The molecule has 3 aromatic carbocycles. The van der Waals surface area contributed by atoms with Crippen LogP contribution in [0, 0.1) is 5.92 Å². The maximum Gasteiger partial charge on any atom is 0.334 e. The molecule has 8 heteroatoms. The van der Waals surface area contributed by atoms with Gasteiger partial charge in [0.15, 0.2) is 6.10 Å². The van der Waals surface area contributed by atoms with Crippen LogP contribution in [-0.4, -0.2) is 58.3 Å². The number of esters is 1. The number of nitrogens with zero attached hydrogens (tertiary/aromatic N) is 1. The molecule has 200 valence electrons. The van der Waals surface area contributed by atoms with E-state index in [1.165, 1.54) is 10.5 Å². The van der Waals surface area contributed by atoms with Gasteiger partial charge in [0.2, 0.25) is 0 Å². The highest BCUT2D eigenvalue weighted by atomic mass is 16.5. The molecule has 2 atom stereocenters. The van der Waals surface area contributed by atoms with E-state index < -0.39 is 36.7 Å². The third-order valence-electron chi connectivity index (χ3n) is 6.68. The Kier molecular flexibility index (Phi) is 8.63. The Balaban J connectivity index is 1.57. The number of aliphatic hydroxyl groups is 1. The number of carbonyl (C=O) groups is 3. The summed E-state index contributed by atoms with van der Waals surface area (Å²) in [6.45, 7) is 3.56. The second-order valence-corrected chi connectivity index (χ2v) is 10.2. The average Bonchev–Trinajstić information content (AvgIpc) is 3.35. The number of hydrogen-bond donors (Lipinski definition) is 3. The van der Waals surface area contributed by atoms with Crippen LogP contribution in [0.3, 0.4) is 0 Å². The van der Waals surface area contributed by atoms with E-state index in [0.717, 1.165) is 41.2 Å². The predicted octanol–water partition coefficient (Wildman–Crippen LogP) is 3.96. The van der Waals surface area contributed by atoms with Crippen molar-refractivity contribution < 1.29 is 29.3 Å². The van der Waals surface area contributed by atoms with Gasteiger partial charge in [-0.2, -0.15) is 0 Å². The van der Waals surface area contributed by atoms with Crippen molar-refractivity contribution in [2.75, 3.05) is 13.1 Å². The minimum atomic E-state index is -1.74. The molecule has 0 aliphatic heterocycles. The first-order chi connectivity index (χ1) is 18.2. The molecule has 0 heterocycles. The summed E-state index contributed by atoms with van der Waals surface area (Å²) < 4.78 is 5.73. The zero-order valence-electron chi connectivity index (χ0n) is 21.7. The van der Waals surface area contributed by atoms with Crippen LogP contribution in [0.1, 0.15) is 37.0 Å². The zero-order valence-corrected chi connectivity index (χ0v) is 21.7. The van der Waals surface area contributed by atoms with E-state index in [2.05, 4.69) is 5.32 Å². The number of aliphatic carboxylic acids is 1. The Labute approximate surface area is 222 Å². The third-order valence-corrected chi connectivity index (χ3v) is 6.68. The van der Waals surface area contributed by atoms with Crippen molar-refractivity contribution in [3.8, 4) is 5.75 Å². The summed E-state index contributed by atoms with van der Waals surface area (Å²) in [6, 6.07) is 17.6. The summed E-state index contributed by atoms with van der Waals surface area (Å²) in [5.74, 6) is -1.60. The summed E-state index contributed by atoms with van der Waals surface area (Å²) in [7, 11) is 0. The molecule has 0 spiro atoms. The molecule has 2 amide bonds. The number of carbonyl (C=O) groups excluding carboxylic acids is 2. The smallest absolute Gasteiger partial charge is 0.334 e. The van der Waals surface area contributed by atoms with Gasteiger partial charge in [-0.25, -0.2) is 14.4 Å². The number of nitrogens with one attached hydrogen (secondary N) is 1. The van der Waals surface area contributed by atoms with Crippen LogP contribution in [0.25, 0.3) is 10.8 Å². The molecular formula is C30H34N2O6. The van der Waals surface area contributed by atoms with Crippen molar-refractivity contribution in [1.29, 1.82) is 0 Å². The largest absolute Gasteiger partial charge is 0.479 e. The molecule has 0 radical (unpaired) electrons. The fourth-order valence-corrected chi connectivity index (χ4v) is 4.80. The van der Waals surface area contributed by atoms with Gasteiger partial charge in [0.1, 0.15) is 11.8 Å². The lowest BCUT2D eigenvalue weighted by Crippen LogP contribution is -2.53. The van der Waals surface area contributed by atoms with Crippen LogP contribution in [0.5, 0.6) is 5.75 Å². The second kappa shape index (κ2) is 12.1. The summed E-state index contributed by atoms with van der Waals surface area (Å²) in [5.41, 5.74) is 3.25. The van der Waals surface area contributed by atoms with E-state index in [9.17, 15) is 19.5 Å². The first kappa shape index (κ1) is 27.1. The molecule has 0 saturated heterocycles. The van der Waals surface area contributed by atoms with Gasteiger partial charge in [0.05, 0.1) is 6.54 Å². The number of benzene rings is 3. The highest BCUT2D eigenvalue weighted by molar-refractivity contribution is 5.86. The maximum absolute atomic E-state index is 13.4. The minimum absolute atomic E-state index is 0.0130. The Morgan fingerprint density at radius 2 is 1.68 bits per heavy atom. The van der Waals surface area contributed by atoms with Gasteiger partial charge in [-0.1, -0.05) is 62.4 Å². The lowest BCUT2D eigenvalue weighted by atomic mass is 10.0. The fraction of sp³-hybridized carbons (Fsp3) is 0.367. The summed E-state index contributed by atoms with van der Waals surface area (Å²) >= 11 is 0. The number of fused-ring (bicyclic) bond motifs is 2. The van der Waals surface area contributed by atoms with Crippen LogP contribution < -0.4 is 10.1 Å². The van der Waals surface area contributed by atoms with Gasteiger partial charge in [0.25, 0.3) is 0 Å². The molecule has 1 aliphatic carbocycles. The monoisotopic (exact) mass is 518 g/mol. The average molecular weight is 519 g/mol. The van der Waals surface area contributed by atoms with Crippen LogP contribution >= 0.6 is 0 Å². The highest BCUT2D eigenvalue weighted by Crippen LogP contribution is 2.26. The van der Waals surface area contributed by atoms with Crippen molar-refractivity contribution in [2.24, 2.45) is 5.92 Å². The molecule has 0 aromatic heterocycles. The Hall–Kier alpha value is -3.91. The maximum atomic E-state index is 13.4. The summed E-state index contributed by atoms with van der Waals surface area (Å²) in [4.78, 5) is 39.1. The van der Waals surface area contributed by atoms with E-state index in [1.54, 1.807) is 6.07 Å². The number of aryl methyl sites for hydroxylation is 2. The Morgan fingerprint density at radius 3 is 2.42 bits per heavy atom. The first-order valence-corrected chi connectivity index (χ1v) is 13.0. The molecule has 1 aliphatic rings. The predicted molar refractivity (Wildman–Crippen MR) is 144 cm³/mol. The normalized spacial score (nSPS) is 14.1. The van der Waals surface area contributed by atoms with Gasteiger partial charge < -0.3 is 25.2 Å². The molecule has 3 N–H and O–H groups in total. The quantitative estimate of drug-likeness (QED) is 0.276. The number of carboxylic acid groups (broad SMARTS) is 1. The van der Waals surface area contributed by atoms with Gasteiger partial charge in [0, 0.05) is 13.0 Å². The Morgan fingerprint density at radius 1 is 0.947 bits per heavy atom. The van der Waals surface area contributed by atoms with Gasteiger partial charge in [-0.05, 0) is 64.8 Å².